The summed E-state index contributed by atoms with van der Waals surface area (Å²) in [5.41, 5.74) is 1.43. The van der Waals surface area contributed by atoms with E-state index in [1.165, 1.54) is 0 Å². The van der Waals surface area contributed by atoms with Crippen LogP contribution < -0.4 is 10.6 Å². The van der Waals surface area contributed by atoms with Crippen molar-refractivity contribution in [3.05, 3.63) is 59.4 Å². The van der Waals surface area contributed by atoms with Crippen LogP contribution in [0, 0.1) is 0 Å². The van der Waals surface area contributed by atoms with Crippen LogP contribution in [0.3, 0.4) is 0 Å². The van der Waals surface area contributed by atoms with Gasteiger partial charge in [0.25, 0.3) is 0 Å². The molecule has 0 atom stereocenters. The van der Waals surface area contributed by atoms with Crippen molar-refractivity contribution in [1.29, 1.82) is 0 Å². The highest BCUT2D eigenvalue weighted by Crippen LogP contribution is 2.13. The number of carbonyl (C=O) groups excluding carboxylic acids is 2. The molecular weight excluding hydrogens is 302 g/mol. The number of nitrogens with one attached hydrogen (secondary N) is 2. The maximum absolute atomic E-state index is 11.7. The molecule has 2 N–H and O–H groups in total. The van der Waals surface area contributed by atoms with Crippen molar-refractivity contribution in [3.8, 4) is 0 Å². The van der Waals surface area contributed by atoms with E-state index in [2.05, 4.69) is 15.6 Å². The second kappa shape index (κ2) is 8.14. The van der Waals surface area contributed by atoms with Gasteiger partial charge < -0.3 is 10.6 Å². The fourth-order valence-corrected chi connectivity index (χ4v) is 1.89. The normalized spacial score (nSPS) is 10.0. The molecule has 2 amide bonds. The summed E-state index contributed by atoms with van der Waals surface area (Å²) in [6.07, 6.45) is 1.92. The molecule has 0 radical (unpaired) electrons. The van der Waals surface area contributed by atoms with Crippen LogP contribution in [-0.2, 0) is 16.1 Å². The number of rotatable bonds is 6. The number of aromatic nitrogens is 1. The second-order valence-electron chi connectivity index (χ2n) is 4.65. The summed E-state index contributed by atoms with van der Waals surface area (Å²) >= 11 is 5.77. The molecule has 1 aromatic heterocycles. The molecule has 6 heteroatoms. The molecule has 2 rings (SSSR count). The smallest absolute Gasteiger partial charge is 0.224 e. The van der Waals surface area contributed by atoms with Crippen molar-refractivity contribution >= 4 is 29.1 Å². The summed E-state index contributed by atoms with van der Waals surface area (Å²) < 4.78 is 0. The predicted octanol–water partition coefficient (Wildman–Crippen LogP) is 2.77. The predicted molar refractivity (Wildman–Crippen MR) is 85.4 cm³/mol. The van der Waals surface area contributed by atoms with Crippen LogP contribution in [0.1, 0.15) is 18.5 Å². The van der Waals surface area contributed by atoms with E-state index in [0.717, 1.165) is 5.69 Å². The molecular formula is C16H16ClN3O2. The summed E-state index contributed by atoms with van der Waals surface area (Å²) in [7, 11) is 0. The third-order valence-electron chi connectivity index (χ3n) is 2.90. The molecule has 1 aromatic carbocycles. The van der Waals surface area contributed by atoms with Gasteiger partial charge in [-0.3, -0.25) is 14.6 Å². The van der Waals surface area contributed by atoms with Crippen molar-refractivity contribution < 1.29 is 9.59 Å². The van der Waals surface area contributed by atoms with Gasteiger partial charge in [0.1, 0.15) is 0 Å². The Hall–Kier alpha value is -2.40. The van der Waals surface area contributed by atoms with E-state index < -0.39 is 0 Å². The third kappa shape index (κ3) is 5.54. The Morgan fingerprint density at radius 1 is 1.00 bits per heavy atom. The van der Waals surface area contributed by atoms with Crippen molar-refractivity contribution in [2.45, 2.75) is 19.4 Å². The first-order chi connectivity index (χ1) is 10.6. The Balaban J connectivity index is 1.69. The number of anilines is 1. The molecule has 0 aliphatic carbocycles. The molecule has 0 saturated heterocycles. The van der Waals surface area contributed by atoms with Crippen LogP contribution >= 0.6 is 11.6 Å². The van der Waals surface area contributed by atoms with E-state index in [-0.39, 0.29) is 24.7 Å². The average Bonchev–Trinajstić information content (AvgIpc) is 2.54. The second-order valence-corrected chi connectivity index (χ2v) is 5.09. The number of pyridine rings is 1. The van der Waals surface area contributed by atoms with Crippen molar-refractivity contribution in [1.82, 2.24) is 10.3 Å². The first-order valence-corrected chi connectivity index (χ1v) is 7.23. The zero-order valence-corrected chi connectivity index (χ0v) is 12.6. The van der Waals surface area contributed by atoms with Gasteiger partial charge >= 0.3 is 0 Å². The minimum atomic E-state index is -0.213. The Morgan fingerprint density at radius 3 is 2.41 bits per heavy atom. The van der Waals surface area contributed by atoms with Crippen molar-refractivity contribution in [2.24, 2.45) is 0 Å². The van der Waals surface area contributed by atoms with Gasteiger partial charge in [-0.05, 0) is 36.4 Å². The topological polar surface area (TPSA) is 71.1 Å². The van der Waals surface area contributed by atoms with E-state index in [1.807, 2.05) is 18.2 Å². The van der Waals surface area contributed by atoms with E-state index in [9.17, 15) is 9.59 Å². The minimum Gasteiger partial charge on any atom is -0.350 e. The Morgan fingerprint density at radius 2 is 1.73 bits per heavy atom. The fourth-order valence-electron chi connectivity index (χ4n) is 1.76. The largest absolute Gasteiger partial charge is 0.350 e. The summed E-state index contributed by atoms with van der Waals surface area (Å²) in [6.45, 7) is 0.360. The van der Waals surface area contributed by atoms with Crippen LogP contribution in [0.4, 0.5) is 5.69 Å². The third-order valence-corrected chi connectivity index (χ3v) is 3.15. The summed E-state index contributed by atoms with van der Waals surface area (Å²) in [6, 6.07) is 12.3. The highest BCUT2D eigenvalue weighted by atomic mass is 35.5. The SMILES string of the molecule is O=C(CCC(=O)Nc1ccc(Cl)cc1)NCc1ccccn1. The number of benzene rings is 1. The van der Waals surface area contributed by atoms with Gasteiger partial charge in [0.05, 0.1) is 12.2 Å². The first-order valence-electron chi connectivity index (χ1n) is 6.85. The fraction of sp³-hybridized carbons (Fsp3) is 0.188. The number of halogens is 1. The highest BCUT2D eigenvalue weighted by Gasteiger charge is 2.07. The Kier molecular flexibility index (Phi) is 5.91. The summed E-state index contributed by atoms with van der Waals surface area (Å²) in [4.78, 5) is 27.5. The summed E-state index contributed by atoms with van der Waals surface area (Å²) in [5, 5.41) is 6.04. The van der Waals surface area contributed by atoms with E-state index >= 15 is 0 Å². The molecule has 0 saturated carbocycles. The molecule has 0 aliphatic rings. The van der Waals surface area contributed by atoms with Gasteiger partial charge in [0.15, 0.2) is 0 Å². The maximum Gasteiger partial charge on any atom is 0.224 e. The van der Waals surface area contributed by atoms with Gasteiger partial charge in [-0.25, -0.2) is 0 Å². The maximum atomic E-state index is 11.7. The van der Waals surface area contributed by atoms with Crippen molar-refractivity contribution in [3.63, 3.8) is 0 Å². The van der Waals surface area contributed by atoms with Gasteiger partial charge in [0.2, 0.25) is 11.8 Å². The first kappa shape index (κ1) is 16.0. The zero-order chi connectivity index (χ0) is 15.8. The van der Waals surface area contributed by atoms with Crippen LogP contribution in [0.2, 0.25) is 5.02 Å². The summed E-state index contributed by atoms with van der Waals surface area (Å²) in [5.74, 6) is -0.396. The van der Waals surface area contributed by atoms with E-state index in [0.29, 0.717) is 17.3 Å². The van der Waals surface area contributed by atoms with Crippen molar-refractivity contribution in [2.75, 3.05) is 5.32 Å². The number of carbonyl (C=O) groups is 2. The Labute approximate surface area is 133 Å². The quantitative estimate of drug-likeness (QED) is 0.860. The van der Waals surface area contributed by atoms with Gasteiger partial charge in [-0.2, -0.15) is 0 Å². The highest BCUT2D eigenvalue weighted by molar-refractivity contribution is 6.30. The molecule has 2 aromatic rings. The minimum absolute atomic E-state index is 0.122. The lowest BCUT2D eigenvalue weighted by atomic mass is 10.2. The standard InChI is InChI=1S/C16H16ClN3O2/c17-12-4-6-13(7-5-12)20-16(22)9-8-15(21)19-11-14-3-1-2-10-18-14/h1-7,10H,8-9,11H2,(H,19,21)(H,20,22). The van der Waals surface area contributed by atoms with Gasteiger partial charge in [-0.1, -0.05) is 17.7 Å². The average molecular weight is 318 g/mol. The lowest BCUT2D eigenvalue weighted by molar-refractivity contribution is -0.124. The number of hydrogen-bond acceptors (Lipinski definition) is 3. The van der Waals surface area contributed by atoms with Crippen LogP contribution in [0.25, 0.3) is 0 Å². The van der Waals surface area contributed by atoms with Gasteiger partial charge in [-0.15, -0.1) is 0 Å². The molecule has 0 fully saturated rings. The molecule has 1 heterocycles. The molecule has 0 bridgehead atoms. The lowest BCUT2D eigenvalue weighted by Crippen LogP contribution is -2.24. The molecule has 0 spiro atoms. The molecule has 0 unspecified atom stereocenters. The van der Waals surface area contributed by atoms with Crippen LogP contribution in [-0.4, -0.2) is 16.8 Å². The van der Waals surface area contributed by atoms with Crippen LogP contribution in [0.15, 0.2) is 48.7 Å². The zero-order valence-electron chi connectivity index (χ0n) is 11.9. The number of nitrogens with zero attached hydrogens (tertiary/aromatic N) is 1. The van der Waals surface area contributed by atoms with E-state index in [4.69, 9.17) is 11.6 Å². The molecule has 5 nitrogen and oxygen atoms in total. The van der Waals surface area contributed by atoms with E-state index in [1.54, 1.807) is 30.5 Å². The Bertz CT molecular complexity index is 630. The molecule has 114 valence electrons. The number of amides is 2. The number of hydrogen-bond donors (Lipinski definition) is 2. The monoisotopic (exact) mass is 317 g/mol. The van der Waals surface area contributed by atoms with Crippen LogP contribution in [0.5, 0.6) is 0 Å². The van der Waals surface area contributed by atoms with Gasteiger partial charge in [0, 0.05) is 29.7 Å². The lowest BCUT2D eigenvalue weighted by Gasteiger charge is -2.06. The molecule has 0 aliphatic heterocycles. The molecule has 22 heavy (non-hydrogen) atoms.